The first-order valence-electron chi connectivity index (χ1n) is 12.8. The number of pyridine rings is 1. The first-order valence-corrected chi connectivity index (χ1v) is 12.8. The molecular formula is C29H31N3O5. The van der Waals surface area contributed by atoms with Crippen molar-refractivity contribution in [1.29, 1.82) is 0 Å². The molecule has 5 rings (SSSR count). The lowest BCUT2D eigenvalue weighted by atomic mass is 10.0. The molecule has 0 unspecified atom stereocenters. The van der Waals surface area contributed by atoms with Crippen LogP contribution in [-0.2, 0) is 27.2 Å². The summed E-state index contributed by atoms with van der Waals surface area (Å²) in [5, 5.41) is 0.819. The summed E-state index contributed by atoms with van der Waals surface area (Å²) in [6, 6.07) is 17.7. The molecule has 1 aromatic heterocycles. The quantitative estimate of drug-likeness (QED) is 0.462. The predicted octanol–water partition coefficient (Wildman–Crippen LogP) is 3.37. The van der Waals surface area contributed by atoms with E-state index in [1.165, 1.54) is 0 Å². The van der Waals surface area contributed by atoms with Crippen LogP contribution in [0, 0.1) is 0 Å². The molecule has 3 aromatic rings. The Morgan fingerprint density at radius 3 is 2.41 bits per heavy atom. The second-order valence-corrected chi connectivity index (χ2v) is 9.14. The number of aromatic nitrogens is 1. The van der Waals surface area contributed by atoms with Crippen LogP contribution in [0.4, 0.5) is 5.69 Å². The molecule has 0 saturated carbocycles. The molecule has 2 aromatic carbocycles. The molecule has 0 spiro atoms. The first kappa shape index (κ1) is 24.6. The van der Waals surface area contributed by atoms with Gasteiger partial charge in [-0.15, -0.1) is 0 Å². The van der Waals surface area contributed by atoms with Gasteiger partial charge in [-0.1, -0.05) is 48.5 Å². The Balaban J connectivity index is 1.52. The standard InChI is InChI=1S/C29H31N3O5/c1-2-36-29(35)25-26(30-16-18-31(19-17-30)27(33)24-13-8-20-37-24)22-11-6-7-12-23(22)32(28(25)34)15-14-21-9-4-3-5-10-21/h3-7,9-13H,2,8,14-20H2,1H3. The maximum absolute atomic E-state index is 13.9. The average molecular weight is 502 g/mol. The Bertz CT molecular complexity index is 1390. The van der Waals surface area contributed by atoms with Crippen LogP contribution < -0.4 is 10.5 Å². The molecule has 0 atom stereocenters. The zero-order chi connectivity index (χ0) is 25.8. The summed E-state index contributed by atoms with van der Waals surface area (Å²) in [5.74, 6) is -0.319. The number of aryl methyl sites for hydroxylation is 2. The van der Waals surface area contributed by atoms with Gasteiger partial charge in [-0.2, -0.15) is 0 Å². The number of esters is 1. The highest BCUT2D eigenvalue weighted by Crippen LogP contribution is 2.31. The van der Waals surface area contributed by atoms with Crippen LogP contribution in [0.5, 0.6) is 0 Å². The topological polar surface area (TPSA) is 81.1 Å². The highest BCUT2D eigenvalue weighted by Gasteiger charge is 2.31. The Morgan fingerprint density at radius 1 is 0.973 bits per heavy atom. The van der Waals surface area contributed by atoms with Gasteiger partial charge in [0, 0.05) is 44.5 Å². The maximum Gasteiger partial charge on any atom is 0.345 e. The van der Waals surface area contributed by atoms with Gasteiger partial charge < -0.3 is 23.8 Å². The van der Waals surface area contributed by atoms with Crippen molar-refractivity contribution in [3.63, 3.8) is 0 Å². The number of fused-ring (bicyclic) bond motifs is 1. The molecule has 2 aliphatic heterocycles. The van der Waals surface area contributed by atoms with Gasteiger partial charge in [0.15, 0.2) is 5.76 Å². The molecule has 3 heterocycles. The number of amides is 1. The lowest BCUT2D eigenvalue weighted by Crippen LogP contribution is -2.50. The van der Waals surface area contributed by atoms with Crippen LogP contribution in [0.15, 0.2) is 71.2 Å². The lowest BCUT2D eigenvalue weighted by molar-refractivity contribution is -0.130. The van der Waals surface area contributed by atoms with E-state index in [1.807, 2.05) is 65.6 Å². The summed E-state index contributed by atoms with van der Waals surface area (Å²) < 4.78 is 12.5. The third kappa shape index (κ3) is 4.96. The van der Waals surface area contributed by atoms with Crippen molar-refractivity contribution in [3.05, 3.63) is 87.9 Å². The molecule has 0 N–H and O–H groups in total. The van der Waals surface area contributed by atoms with Crippen LogP contribution in [0.25, 0.3) is 10.9 Å². The minimum Gasteiger partial charge on any atom is -0.488 e. The summed E-state index contributed by atoms with van der Waals surface area (Å²) in [7, 11) is 0. The predicted molar refractivity (Wildman–Crippen MR) is 142 cm³/mol. The molecule has 0 bridgehead atoms. The van der Waals surface area contributed by atoms with E-state index in [9.17, 15) is 14.4 Å². The molecule has 192 valence electrons. The number of carbonyl (C=O) groups excluding carboxylic acids is 2. The zero-order valence-electron chi connectivity index (χ0n) is 21.0. The van der Waals surface area contributed by atoms with Crippen LogP contribution in [-0.4, -0.2) is 60.7 Å². The smallest absolute Gasteiger partial charge is 0.345 e. The Hall–Kier alpha value is -4.07. The highest BCUT2D eigenvalue weighted by atomic mass is 16.5. The minimum absolute atomic E-state index is 0.0511. The van der Waals surface area contributed by atoms with E-state index < -0.39 is 5.97 Å². The SMILES string of the molecule is CCOC(=O)c1c(N2CCN(C(=O)C3=CCCO3)CC2)c2ccccc2n(CCc2ccccc2)c1=O. The number of piperazine rings is 1. The Kier molecular flexibility index (Phi) is 7.25. The van der Waals surface area contributed by atoms with Crippen molar-refractivity contribution in [2.75, 3.05) is 44.3 Å². The molecule has 1 amide bonds. The Morgan fingerprint density at radius 2 is 1.70 bits per heavy atom. The van der Waals surface area contributed by atoms with Crippen molar-refractivity contribution >= 4 is 28.5 Å². The third-order valence-corrected chi connectivity index (χ3v) is 6.89. The Labute approximate surface area is 215 Å². The molecule has 8 nitrogen and oxygen atoms in total. The van der Waals surface area contributed by atoms with E-state index in [1.54, 1.807) is 16.4 Å². The summed E-state index contributed by atoms with van der Waals surface area (Å²) >= 11 is 0. The number of ether oxygens (including phenoxy) is 2. The first-order chi connectivity index (χ1) is 18.1. The number of carbonyl (C=O) groups is 2. The summed E-state index contributed by atoms with van der Waals surface area (Å²) in [5.41, 5.74) is 2.16. The van der Waals surface area contributed by atoms with Gasteiger partial charge in [0.05, 0.1) is 24.4 Å². The highest BCUT2D eigenvalue weighted by molar-refractivity contribution is 6.05. The molecule has 1 saturated heterocycles. The molecule has 0 aliphatic carbocycles. The van der Waals surface area contributed by atoms with Crippen LogP contribution in [0.3, 0.4) is 0 Å². The van der Waals surface area contributed by atoms with Gasteiger partial charge in [-0.05, 0) is 31.1 Å². The fourth-order valence-electron chi connectivity index (χ4n) is 5.07. The van der Waals surface area contributed by atoms with Crippen molar-refractivity contribution in [2.45, 2.75) is 26.3 Å². The maximum atomic E-state index is 13.9. The third-order valence-electron chi connectivity index (χ3n) is 6.89. The minimum atomic E-state index is -0.621. The second-order valence-electron chi connectivity index (χ2n) is 9.14. The van der Waals surface area contributed by atoms with Crippen molar-refractivity contribution in [3.8, 4) is 0 Å². The zero-order valence-corrected chi connectivity index (χ0v) is 21.0. The van der Waals surface area contributed by atoms with Crippen molar-refractivity contribution in [1.82, 2.24) is 9.47 Å². The largest absolute Gasteiger partial charge is 0.488 e. The van der Waals surface area contributed by atoms with E-state index >= 15 is 0 Å². The van der Waals surface area contributed by atoms with E-state index in [4.69, 9.17) is 9.47 Å². The van der Waals surface area contributed by atoms with E-state index in [-0.39, 0.29) is 23.6 Å². The van der Waals surface area contributed by atoms with Gasteiger partial charge >= 0.3 is 5.97 Å². The molecule has 1 fully saturated rings. The summed E-state index contributed by atoms with van der Waals surface area (Å²) in [6.07, 6.45) is 3.23. The fraction of sp³-hybridized carbons (Fsp3) is 0.345. The average Bonchev–Trinajstić information content (AvgIpc) is 3.47. The molecule has 2 aliphatic rings. The molecule has 8 heteroatoms. The number of nitrogens with zero attached hydrogens (tertiary/aromatic N) is 3. The van der Waals surface area contributed by atoms with Crippen LogP contribution in [0.1, 0.15) is 29.3 Å². The number of benzene rings is 2. The van der Waals surface area contributed by atoms with Gasteiger partial charge in [0.1, 0.15) is 5.56 Å². The fourth-order valence-corrected chi connectivity index (χ4v) is 5.07. The van der Waals surface area contributed by atoms with Crippen molar-refractivity contribution in [2.24, 2.45) is 0 Å². The van der Waals surface area contributed by atoms with E-state index in [0.717, 1.165) is 22.9 Å². The number of hydrogen-bond acceptors (Lipinski definition) is 6. The lowest BCUT2D eigenvalue weighted by Gasteiger charge is -2.37. The number of anilines is 1. The van der Waals surface area contributed by atoms with Gasteiger partial charge in [-0.25, -0.2) is 4.79 Å². The number of para-hydroxylation sites is 1. The summed E-state index contributed by atoms with van der Waals surface area (Å²) in [6.45, 7) is 4.79. The normalized spacial score (nSPS) is 15.4. The van der Waals surface area contributed by atoms with Gasteiger partial charge in [0.2, 0.25) is 0 Å². The number of rotatable bonds is 7. The van der Waals surface area contributed by atoms with Crippen molar-refractivity contribution < 1.29 is 19.1 Å². The van der Waals surface area contributed by atoms with Gasteiger partial charge in [-0.3, -0.25) is 9.59 Å². The second kappa shape index (κ2) is 10.9. The van der Waals surface area contributed by atoms with Crippen LogP contribution in [0.2, 0.25) is 0 Å². The van der Waals surface area contributed by atoms with Crippen LogP contribution >= 0.6 is 0 Å². The number of hydrogen-bond donors (Lipinski definition) is 0. The molecule has 37 heavy (non-hydrogen) atoms. The van der Waals surface area contributed by atoms with E-state index in [0.29, 0.717) is 57.2 Å². The molecular weight excluding hydrogens is 470 g/mol. The molecule has 0 radical (unpaired) electrons. The van der Waals surface area contributed by atoms with E-state index in [2.05, 4.69) is 0 Å². The summed E-state index contributed by atoms with van der Waals surface area (Å²) in [4.78, 5) is 43.7. The monoisotopic (exact) mass is 501 g/mol. The van der Waals surface area contributed by atoms with Gasteiger partial charge in [0.25, 0.3) is 11.5 Å².